The van der Waals surface area contributed by atoms with Gasteiger partial charge in [0.15, 0.2) is 0 Å². The number of anilines is 1. The Hall–Kier alpha value is -3.80. The van der Waals surface area contributed by atoms with E-state index in [2.05, 4.69) is 18.3 Å². The third-order valence-electron chi connectivity index (χ3n) is 5.80. The van der Waals surface area contributed by atoms with Crippen molar-refractivity contribution in [2.24, 2.45) is 0 Å². The number of carbonyl (C=O) groups excluding carboxylic acids is 2. The van der Waals surface area contributed by atoms with Gasteiger partial charge in [-0.15, -0.1) is 0 Å². The van der Waals surface area contributed by atoms with E-state index in [0.717, 1.165) is 35.3 Å². The second kappa shape index (κ2) is 12.1. The minimum atomic E-state index is -0.366. The summed E-state index contributed by atoms with van der Waals surface area (Å²) in [7, 11) is 1.59. The molecular formula is C29H33NO5. The number of benzene rings is 3. The van der Waals surface area contributed by atoms with Gasteiger partial charge in [-0.3, -0.25) is 4.79 Å². The summed E-state index contributed by atoms with van der Waals surface area (Å²) < 4.78 is 16.8. The molecule has 0 radical (unpaired) electrons. The fourth-order valence-electron chi connectivity index (χ4n) is 3.62. The number of carbonyl (C=O) groups is 2. The molecule has 0 fully saturated rings. The Morgan fingerprint density at radius 2 is 1.60 bits per heavy atom. The van der Waals surface area contributed by atoms with E-state index in [-0.39, 0.29) is 18.5 Å². The van der Waals surface area contributed by atoms with Crippen LogP contribution in [0, 0.1) is 20.8 Å². The summed E-state index contributed by atoms with van der Waals surface area (Å²) in [6.45, 7) is 8.83. The van der Waals surface area contributed by atoms with Gasteiger partial charge in [0, 0.05) is 16.8 Å². The summed E-state index contributed by atoms with van der Waals surface area (Å²) in [5.74, 6) is 0.826. The van der Waals surface area contributed by atoms with E-state index in [1.54, 1.807) is 49.6 Å². The van der Waals surface area contributed by atoms with E-state index in [0.29, 0.717) is 29.2 Å². The van der Waals surface area contributed by atoms with Crippen LogP contribution in [0.1, 0.15) is 62.7 Å². The van der Waals surface area contributed by atoms with E-state index in [4.69, 9.17) is 14.2 Å². The summed E-state index contributed by atoms with van der Waals surface area (Å²) in [5, 5.41) is 2.87. The normalized spacial score (nSPS) is 10.5. The van der Waals surface area contributed by atoms with Crippen LogP contribution in [0.15, 0.2) is 54.6 Å². The van der Waals surface area contributed by atoms with Crippen LogP contribution in [-0.2, 0) is 11.3 Å². The summed E-state index contributed by atoms with van der Waals surface area (Å²) >= 11 is 0. The maximum Gasteiger partial charge on any atom is 0.338 e. The van der Waals surface area contributed by atoms with Crippen LogP contribution < -0.4 is 14.8 Å². The van der Waals surface area contributed by atoms with E-state index in [1.165, 1.54) is 5.56 Å². The molecule has 0 bridgehead atoms. The Balaban J connectivity index is 1.69. The molecule has 0 saturated carbocycles. The molecule has 6 nitrogen and oxygen atoms in total. The number of hydrogen-bond donors (Lipinski definition) is 1. The first-order valence-electron chi connectivity index (χ1n) is 11.8. The number of methoxy groups -OCH3 is 1. The molecule has 1 N–H and O–H groups in total. The number of amides is 1. The summed E-state index contributed by atoms with van der Waals surface area (Å²) in [6.07, 6.45) is 1.79. The molecular weight excluding hydrogens is 442 g/mol. The highest BCUT2D eigenvalue weighted by Gasteiger charge is 2.13. The molecule has 0 atom stereocenters. The predicted molar refractivity (Wildman–Crippen MR) is 138 cm³/mol. The van der Waals surface area contributed by atoms with Gasteiger partial charge < -0.3 is 19.5 Å². The van der Waals surface area contributed by atoms with E-state index < -0.39 is 0 Å². The van der Waals surface area contributed by atoms with Crippen molar-refractivity contribution in [1.82, 2.24) is 0 Å². The lowest BCUT2D eigenvalue weighted by atomic mass is 10.1. The van der Waals surface area contributed by atoms with Crippen LogP contribution in [0.2, 0.25) is 0 Å². The van der Waals surface area contributed by atoms with Crippen LogP contribution >= 0.6 is 0 Å². The van der Waals surface area contributed by atoms with Gasteiger partial charge in [-0.1, -0.05) is 19.4 Å². The van der Waals surface area contributed by atoms with E-state index in [9.17, 15) is 9.59 Å². The molecule has 3 rings (SSSR count). The van der Waals surface area contributed by atoms with Gasteiger partial charge in [0.1, 0.15) is 18.1 Å². The third kappa shape index (κ3) is 6.85. The molecule has 0 aliphatic rings. The number of unbranched alkanes of at least 4 members (excludes halogenated alkanes) is 1. The van der Waals surface area contributed by atoms with Crippen molar-refractivity contribution in [1.29, 1.82) is 0 Å². The molecule has 0 aromatic heterocycles. The molecule has 184 valence electrons. The molecule has 0 aliphatic heterocycles. The van der Waals surface area contributed by atoms with Gasteiger partial charge in [-0.2, -0.15) is 0 Å². The maximum atomic E-state index is 12.9. The minimum absolute atomic E-state index is 0.267. The number of rotatable bonds is 10. The fraction of sp³-hybridized carbons (Fsp3) is 0.310. The molecule has 1 amide bonds. The minimum Gasteiger partial charge on any atom is -0.496 e. The molecule has 0 spiro atoms. The number of esters is 1. The van der Waals surface area contributed by atoms with Gasteiger partial charge in [0.25, 0.3) is 5.91 Å². The quantitative estimate of drug-likeness (QED) is 0.271. The molecule has 0 saturated heterocycles. The first kappa shape index (κ1) is 25.8. The van der Waals surface area contributed by atoms with Gasteiger partial charge >= 0.3 is 5.97 Å². The second-order valence-electron chi connectivity index (χ2n) is 8.54. The Morgan fingerprint density at radius 3 is 2.29 bits per heavy atom. The first-order valence-corrected chi connectivity index (χ1v) is 11.8. The summed E-state index contributed by atoms with van der Waals surface area (Å²) in [4.78, 5) is 25.0. The van der Waals surface area contributed by atoms with Crippen molar-refractivity contribution in [3.63, 3.8) is 0 Å². The molecule has 35 heavy (non-hydrogen) atoms. The predicted octanol–water partition coefficient (Wildman–Crippen LogP) is 6.41. The average Bonchev–Trinajstić information content (AvgIpc) is 2.85. The Morgan fingerprint density at radius 1 is 0.886 bits per heavy atom. The summed E-state index contributed by atoms with van der Waals surface area (Å²) in [5.41, 5.74) is 5.66. The molecule has 3 aromatic rings. The highest BCUT2D eigenvalue weighted by Crippen LogP contribution is 2.27. The number of nitrogens with one attached hydrogen (secondary N) is 1. The van der Waals surface area contributed by atoms with Crippen LogP contribution in [0.4, 0.5) is 5.69 Å². The topological polar surface area (TPSA) is 73.9 Å². The van der Waals surface area contributed by atoms with Crippen LogP contribution in [0.3, 0.4) is 0 Å². The zero-order chi connectivity index (χ0) is 25.4. The number of ether oxygens (including phenoxy) is 3. The SMILES string of the molecule is CCCCOC(=O)c1ccc(NC(=O)c2ccc(OC)c(COc3cc(C)cc(C)c3C)c2)cc1. The van der Waals surface area contributed by atoms with Crippen LogP contribution in [-0.4, -0.2) is 25.6 Å². The average molecular weight is 476 g/mol. The highest BCUT2D eigenvalue weighted by molar-refractivity contribution is 6.04. The lowest BCUT2D eigenvalue weighted by Gasteiger charge is -2.15. The Labute approximate surface area is 207 Å². The smallest absolute Gasteiger partial charge is 0.338 e. The van der Waals surface area contributed by atoms with Gasteiger partial charge in [-0.25, -0.2) is 4.79 Å². The van der Waals surface area contributed by atoms with Crippen LogP contribution in [0.25, 0.3) is 0 Å². The van der Waals surface area contributed by atoms with Crippen molar-refractivity contribution in [3.8, 4) is 11.5 Å². The number of hydrogen-bond acceptors (Lipinski definition) is 5. The molecule has 0 aliphatic carbocycles. The van der Waals surface area contributed by atoms with Crippen molar-refractivity contribution < 1.29 is 23.8 Å². The monoisotopic (exact) mass is 475 g/mol. The largest absolute Gasteiger partial charge is 0.496 e. The molecule has 0 heterocycles. The lowest BCUT2D eigenvalue weighted by molar-refractivity contribution is 0.0499. The molecule has 0 unspecified atom stereocenters. The van der Waals surface area contributed by atoms with Gasteiger partial charge in [0.05, 0.1) is 19.3 Å². The molecule has 6 heteroatoms. The second-order valence-corrected chi connectivity index (χ2v) is 8.54. The lowest BCUT2D eigenvalue weighted by Crippen LogP contribution is -2.13. The van der Waals surface area contributed by atoms with E-state index >= 15 is 0 Å². The third-order valence-corrected chi connectivity index (χ3v) is 5.80. The van der Waals surface area contributed by atoms with Crippen molar-refractivity contribution in [2.45, 2.75) is 47.1 Å². The van der Waals surface area contributed by atoms with Crippen molar-refractivity contribution >= 4 is 17.6 Å². The fourth-order valence-corrected chi connectivity index (χ4v) is 3.62. The summed E-state index contributed by atoms with van der Waals surface area (Å²) in [6, 6.07) is 16.0. The Kier molecular flexibility index (Phi) is 8.90. The van der Waals surface area contributed by atoms with Crippen molar-refractivity contribution in [2.75, 3.05) is 19.0 Å². The van der Waals surface area contributed by atoms with Gasteiger partial charge in [-0.05, 0) is 92.4 Å². The zero-order valence-corrected chi connectivity index (χ0v) is 21.1. The van der Waals surface area contributed by atoms with Crippen LogP contribution in [0.5, 0.6) is 11.5 Å². The highest BCUT2D eigenvalue weighted by atomic mass is 16.5. The standard InChI is InChI=1S/C29H33NO5/c1-6-7-14-34-29(32)22-8-11-25(12-9-22)30-28(31)23-10-13-26(33-5)24(17-23)18-35-27-16-19(2)15-20(3)21(27)4/h8-13,15-17H,6-7,14,18H2,1-5H3,(H,30,31). The maximum absolute atomic E-state index is 12.9. The number of aryl methyl sites for hydroxylation is 2. The zero-order valence-electron chi connectivity index (χ0n) is 21.1. The van der Waals surface area contributed by atoms with E-state index in [1.807, 2.05) is 26.8 Å². The first-order chi connectivity index (χ1) is 16.8. The van der Waals surface area contributed by atoms with Gasteiger partial charge in [0.2, 0.25) is 0 Å². The van der Waals surface area contributed by atoms with Crippen molar-refractivity contribution in [3.05, 3.63) is 88.0 Å². The molecule has 3 aromatic carbocycles. The Bertz CT molecular complexity index is 1180.